The molecule has 2 aromatic heterocycles. The van der Waals surface area contributed by atoms with E-state index in [1.807, 2.05) is 109 Å². The molecule has 0 saturated carbocycles. The minimum Gasteiger partial charge on any atom is -0.309 e. The molecule has 0 bridgehead atoms. The fourth-order valence-corrected chi connectivity index (χ4v) is 6.17. The lowest BCUT2D eigenvalue weighted by Gasteiger charge is -2.16. The zero-order valence-electron chi connectivity index (χ0n) is 34.9. The molecular formula is C45H30N4. The number of fused-ring (bicyclic) bond motifs is 3. The quantitative estimate of drug-likeness (QED) is 0.183. The number of para-hydroxylation sites is 1. The zero-order chi connectivity index (χ0) is 40.4. The summed E-state index contributed by atoms with van der Waals surface area (Å²) in [5.41, 5.74) is 5.37. The highest BCUT2D eigenvalue weighted by atomic mass is 15.1. The van der Waals surface area contributed by atoms with Gasteiger partial charge in [-0.2, -0.15) is 0 Å². The van der Waals surface area contributed by atoms with Gasteiger partial charge < -0.3 is 4.57 Å². The summed E-state index contributed by atoms with van der Waals surface area (Å²) in [5.74, 6) is 1.20. The molecule has 4 heteroatoms. The van der Waals surface area contributed by atoms with Gasteiger partial charge in [0.25, 0.3) is 0 Å². The van der Waals surface area contributed by atoms with Crippen molar-refractivity contribution in [3.63, 3.8) is 0 Å². The first kappa shape index (κ1) is 20.6. The number of aromatic nitrogens is 4. The van der Waals surface area contributed by atoms with E-state index in [-0.39, 0.29) is 40.6 Å². The Balaban J connectivity index is 1.40. The Morgan fingerprint density at radius 2 is 0.939 bits per heavy atom. The summed E-state index contributed by atoms with van der Waals surface area (Å²) in [5, 5.41) is 0.605. The van der Waals surface area contributed by atoms with Crippen molar-refractivity contribution in [2.75, 3.05) is 0 Å². The van der Waals surface area contributed by atoms with Gasteiger partial charge in [0.1, 0.15) is 0 Å². The molecule has 0 radical (unpaired) electrons. The summed E-state index contributed by atoms with van der Waals surface area (Å²) in [4.78, 5) is 15.0. The number of benzene rings is 7. The van der Waals surface area contributed by atoms with E-state index in [0.717, 1.165) is 22.3 Å². The number of rotatable bonds is 6. The molecule has 9 rings (SSSR count). The minimum absolute atomic E-state index is 0.0189. The maximum absolute atomic E-state index is 9.28. The average molecular weight is 636 g/mol. The Bertz CT molecular complexity index is 3010. The highest BCUT2D eigenvalue weighted by molar-refractivity contribution is 6.11. The summed E-state index contributed by atoms with van der Waals surface area (Å²) in [7, 11) is 0. The van der Waals surface area contributed by atoms with Gasteiger partial charge in [-0.1, -0.05) is 151 Å². The molecule has 230 valence electrons. The Hall–Kier alpha value is -6.65. The SMILES string of the molecule is [2H]c1c([2H])c([2H])c(-c2ccc3c(c2)c2c([2H])c([2H])c([2H])c([2H])c2n3-c2ccc(-c3ccccc3)cc2-c2nc(-c3ccccc3)nc(-c3ccccc3)n2)c([2H])c1[2H]. The lowest BCUT2D eigenvalue weighted by Crippen LogP contribution is -2.04. The van der Waals surface area contributed by atoms with Crippen molar-refractivity contribution in [1.29, 1.82) is 0 Å². The first-order valence-electron chi connectivity index (χ1n) is 20.2. The van der Waals surface area contributed by atoms with Gasteiger partial charge in [0.05, 0.1) is 29.1 Å². The third-order valence-corrected chi connectivity index (χ3v) is 8.47. The normalized spacial score (nSPS) is 13.8. The second-order valence-corrected chi connectivity index (χ2v) is 11.4. The fraction of sp³-hybridized carbons (Fsp3) is 0. The van der Waals surface area contributed by atoms with Crippen LogP contribution in [0.25, 0.3) is 83.9 Å². The van der Waals surface area contributed by atoms with Crippen LogP contribution in [0.4, 0.5) is 0 Å². The third-order valence-electron chi connectivity index (χ3n) is 8.47. The van der Waals surface area contributed by atoms with E-state index >= 15 is 0 Å². The van der Waals surface area contributed by atoms with Gasteiger partial charge in [0, 0.05) is 27.5 Å². The van der Waals surface area contributed by atoms with Crippen molar-refractivity contribution in [2.24, 2.45) is 0 Å². The summed E-state index contributed by atoms with van der Waals surface area (Å²) < 4.78 is 79.7. The molecule has 4 nitrogen and oxygen atoms in total. The molecule has 0 saturated heterocycles. The maximum atomic E-state index is 9.28. The van der Waals surface area contributed by atoms with E-state index in [9.17, 15) is 1.37 Å². The maximum Gasteiger partial charge on any atom is 0.166 e. The monoisotopic (exact) mass is 635 g/mol. The van der Waals surface area contributed by atoms with E-state index in [0.29, 0.717) is 45.2 Å². The second kappa shape index (κ2) is 12.2. The summed E-state index contributed by atoms with van der Waals surface area (Å²) in [6.07, 6.45) is 0. The van der Waals surface area contributed by atoms with Gasteiger partial charge in [0.15, 0.2) is 17.5 Å². The Kier molecular flexibility index (Phi) is 5.11. The van der Waals surface area contributed by atoms with Crippen molar-refractivity contribution in [1.82, 2.24) is 19.5 Å². The van der Waals surface area contributed by atoms with E-state index in [2.05, 4.69) is 0 Å². The summed E-state index contributed by atoms with van der Waals surface area (Å²) in [6, 6.07) is 36.1. The van der Waals surface area contributed by atoms with Crippen LogP contribution in [0.5, 0.6) is 0 Å². The molecule has 0 aliphatic carbocycles. The molecule has 0 N–H and O–H groups in total. The van der Waals surface area contributed by atoms with Crippen LogP contribution in [0.15, 0.2) is 182 Å². The molecule has 2 heterocycles. The van der Waals surface area contributed by atoms with Crippen LogP contribution in [-0.4, -0.2) is 19.5 Å². The van der Waals surface area contributed by atoms with Gasteiger partial charge in [-0.15, -0.1) is 0 Å². The second-order valence-electron chi connectivity index (χ2n) is 11.4. The lowest BCUT2D eigenvalue weighted by molar-refractivity contribution is 1.06. The van der Waals surface area contributed by atoms with Crippen LogP contribution in [-0.2, 0) is 0 Å². The highest BCUT2D eigenvalue weighted by Crippen LogP contribution is 2.39. The van der Waals surface area contributed by atoms with Crippen LogP contribution in [0.2, 0.25) is 0 Å². The van der Waals surface area contributed by atoms with Gasteiger partial charge in [-0.25, -0.2) is 15.0 Å². The lowest BCUT2D eigenvalue weighted by atomic mass is 10.0. The fourth-order valence-electron chi connectivity index (χ4n) is 6.17. The molecule has 0 atom stereocenters. The molecule has 0 fully saturated rings. The van der Waals surface area contributed by atoms with Crippen molar-refractivity contribution in [3.05, 3.63) is 182 Å². The molecule has 0 aliphatic heterocycles. The highest BCUT2D eigenvalue weighted by Gasteiger charge is 2.20. The molecule has 0 aliphatic rings. The van der Waals surface area contributed by atoms with Gasteiger partial charge in [0.2, 0.25) is 0 Å². The minimum atomic E-state index is -0.513. The molecule has 7 aromatic carbocycles. The summed E-state index contributed by atoms with van der Waals surface area (Å²) in [6.45, 7) is 0. The average Bonchev–Trinajstić information content (AvgIpc) is 3.61. The molecule has 0 unspecified atom stereocenters. The number of hydrogen-bond acceptors (Lipinski definition) is 3. The van der Waals surface area contributed by atoms with Crippen molar-refractivity contribution >= 4 is 21.8 Å². The van der Waals surface area contributed by atoms with Crippen LogP contribution in [0.3, 0.4) is 0 Å². The predicted molar refractivity (Wildman–Crippen MR) is 201 cm³/mol. The van der Waals surface area contributed by atoms with Crippen LogP contribution in [0.1, 0.15) is 12.3 Å². The molecule has 0 spiro atoms. The Labute approximate surface area is 297 Å². The molecule has 9 aromatic rings. The van der Waals surface area contributed by atoms with E-state index in [4.69, 9.17) is 25.9 Å². The van der Waals surface area contributed by atoms with Gasteiger partial charge >= 0.3 is 0 Å². The molecular weight excluding hydrogens is 597 g/mol. The van der Waals surface area contributed by atoms with Crippen molar-refractivity contribution < 1.29 is 12.3 Å². The standard InChI is InChI=1S/C45H30N4/c1-5-15-31(16-6-1)35-25-27-41-38(29-35)37-23-13-14-24-40(37)49(41)42-28-26-36(32-17-7-2-8-18-32)30-39(42)45-47-43(33-19-9-3-10-20-33)46-44(48-45)34-21-11-4-12-22-34/h1-30H/i1D,5D,6D,13D,14D,15D,16D,23D,24D. The van der Waals surface area contributed by atoms with E-state index in [1.54, 1.807) is 22.8 Å². The Morgan fingerprint density at radius 3 is 1.61 bits per heavy atom. The topological polar surface area (TPSA) is 43.6 Å². The largest absolute Gasteiger partial charge is 0.309 e. The molecule has 49 heavy (non-hydrogen) atoms. The van der Waals surface area contributed by atoms with Gasteiger partial charge in [-0.3, -0.25) is 0 Å². The van der Waals surface area contributed by atoms with E-state index < -0.39 is 30.2 Å². The zero-order valence-corrected chi connectivity index (χ0v) is 25.9. The smallest absolute Gasteiger partial charge is 0.166 e. The number of nitrogens with zero attached hydrogens (tertiary/aromatic N) is 4. The Morgan fingerprint density at radius 1 is 0.388 bits per heavy atom. The van der Waals surface area contributed by atoms with Gasteiger partial charge in [-0.05, 0) is 52.6 Å². The number of hydrogen-bond donors (Lipinski definition) is 0. The predicted octanol–water partition coefficient (Wildman–Crippen LogP) is 11.3. The van der Waals surface area contributed by atoms with Crippen LogP contribution >= 0.6 is 0 Å². The molecule has 0 amide bonds. The van der Waals surface area contributed by atoms with Crippen molar-refractivity contribution in [3.8, 4) is 62.1 Å². The first-order valence-corrected chi connectivity index (χ1v) is 15.7. The summed E-state index contributed by atoms with van der Waals surface area (Å²) >= 11 is 0. The first-order chi connectivity index (χ1) is 28.0. The van der Waals surface area contributed by atoms with E-state index in [1.165, 1.54) is 0 Å². The van der Waals surface area contributed by atoms with Crippen molar-refractivity contribution in [2.45, 2.75) is 0 Å². The van der Waals surface area contributed by atoms with Crippen LogP contribution < -0.4 is 0 Å². The third kappa shape index (κ3) is 5.26. The van der Waals surface area contributed by atoms with Crippen LogP contribution in [0, 0.1) is 0 Å².